The van der Waals surface area contributed by atoms with Crippen molar-refractivity contribution in [2.75, 3.05) is 6.54 Å². The number of nitrogens with zero attached hydrogens (tertiary/aromatic N) is 1. The van der Waals surface area contributed by atoms with Gasteiger partial charge in [0.2, 0.25) is 11.8 Å². The molecule has 1 heterocycles. The highest BCUT2D eigenvalue weighted by molar-refractivity contribution is 6.05. The largest absolute Gasteiger partial charge is 0.481 e. The van der Waals surface area contributed by atoms with Gasteiger partial charge in [0, 0.05) is 6.54 Å². The van der Waals surface area contributed by atoms with Crippen LogP contribution in [0, 0.1) is 23.2 Å². The number of carbonyl (C=O) groups excluding carboxylic acids is 2. The number of hydrogen-bond acceptors (Lipinski definition) is 3. The fourth-order valence-electron chi connectivity index (χ4n) is 4.41. The number of carboxylic acids is 1. The lowest BCUT2D eigenvalue weighted by Gasteiger charge is -2.43. The second-order valence-electron chi connectivity index (χ2n) is 7.15. The Kier molecular flexibility index (Phi) is 3.54. The number of aliphatic carboxylic acids is 1. The molecule has 2 unspecified atom stereocenters. The van der Waals surface area contributed by atoms with Crippen LogP contribution in [0.2, 0.25) is 0 Å². The predicted molar refractivity (Wildman–Crippen MR) is 75.3 cm³/mol. The Morgan fingerprint density at radius 1 is 1.24 bits per heavy atom. The van der Waals surface area contributed by atoms with Gasteiger partial charge in [-0.15, -0.1) is 0 Å². The van der Waals surface area contributed by atoms with Crippen LogP contribution in [0.5, 0.6) is 0 Å². The van der Waals surface area contributed by atoms with Gasteiger partial charge in [-0.05, 0) is 37.0 Å². The first-order chi connectivity index (χ1) is 9.96. The molecule has 0 spiro atoms. The van der Waals surface area contributed by atoms with E-state index in [0.29, 0.717) is 12.5 Å². The molecule has 2 aliphatic carbocycles. The smallest absolute Gasteiger partial charge is 0.303 e. The summed E-state index contributed by atoms with van der Waals surface area (Å²) >= 11 is 0. The van der Waals surface area contributed by atoms with Gasteiger partial charge < -0.3 is 5.11 Å². The van der Waals surface area contributed by atoms with E-state index in [-0.39, 0.29) is 35.5 Å². The molecule has 3 fully saturated rings. The molecule has 1 N–H and O–H groups in total. The first kappa shape index (κ1) is 14.5. The molecule has 2 saturated carbocycles. The first-order valence-corrected chi connectivity index (χ1v) is 8.03. The molecule has 1 saturated heterocycles. The molecule has 0 aromatic carbocycles. The zero-order valence-corrected chi connectivity index (χ0v) is 12.5. The van der Waals surface area contributed by atoms with E-state index in [0.717, 1.165) is 38.5 Å². The predicted octanol–water partition coefficient (Wildman–Crippen LogP) is 2.05. The highest BCUT2D eigenvalue weighted by Crippen LogP contribution is 2.49. The van der Waals surface area contributed by atoms with E-state index in [1.807, 2.05) is 0 Å². The third-order valence-corrected chi connectivity index (χ3v) is 5.84. The SMILES string of the molecule is CCC1CC2C(=O)N(CC3(CC(=O)O)CCC3)C(=O)C2C1. The molecule has 2 amide bonds. The van der Waals surface area contributed by atoms with Crippen molar-refractivity contribution in [3.63, 3.8) is 0 Å². The van der Waals surface area contributed by atoms with Crippen molar-refractivity contribution in [2.45, 2.75) is 51.9 Å². The van der Waals surface area contributed by atoms with E-state index in [4.69, 9.17) is 5.11 Å². The molecule has 3 aliphatic rings. The van der Waals surface area contributed by atoms with E-state index in [1.54, 1.807) is 0 Å². The Hall–Kier alpha value is -1.39. The Bertz CT molecular complexity index is 459. The summed E-state index contributed by atoms with van der Waals surface area (Å²) in [6.07, 6.45) is 5.36. The highest BCUT2D eigenvalue weighted by Gasteiger charge is 2.54. The van der Waals surface area contributed by atoms with E-state index < -0.39 is 5.97 Å². The highest BCUT2D eigenvalue weighted by atomic mass is 16.4. The lowest BCUT2D eigenvalue weighted by Crippen LogP contribution is -2.46. The summed E-state index contributed by atoms with van der Waals surface area (Å²) in [6.45, 7) is 2.43. The quantitative estimate of drug-likeness (QED) is 0.787. The number of likely N-dealkylation sites (tertiary alicyclic amines) is 1. The molecule has 3 rings (SSSR count). The number of hydrogen-bond donors (Lipinski definition) is 1. The monoisotopic (exact) mass is 293 g/mol. The van der Waals surface area contributed by atoms with Crippen LogP contribution in [0.4, 0.5) is 0 Å². The van der Waals surface area contributed by atoms with Gasteiger partial charge >= 0.3 is 5.97 Å². The third-order valence-electron chi connectivity index (χ3n) is 5.84. The molecular formula is C16H23NO4. The Labute approximate surface area is 124 Å². The number of rotatable bonds is 5. The third kappa shape index (κ3) is 2.36. The summed E-state index contributed by atoms with van der Waals surface area (Å²) in [4.78, 5) is 37.5. The number of carbonyl (C=O) groups is 3. The van der Waals surface area contributed by atoms with Crippen LogP contribution >= 0.6 is 0 Å². The molecule has 116 valence electrons. The maximum absolute atomic E-state index is 12.5. The van der Waals surface area contributed by atoms with E-state index in [2.05, 4.69) is 6.92 Å². The van der Waals surface area contributed by atoms with Crippen molar-refractivity contribution in [3.05, 3.63) is 0 Å². The van der Waals surface area contributed by atoms with Gasteiger partial charge in [-0.2, -0.15) is 0 Å². The lowest BCUT2D eigenvalue weighted by molar-refractivity contribution is -0.149. The molecule has 1 aliphatic heterocycles. The fourth-order valence-corrected chi connectivity index (χ4v) is 4.41. The van der Waals surface area contributed by atoms with Crippen LogP contribution in [0.25, 0.3) is 0 Å². The Morgan fingerprint density at radius 3 is 2.19 bits per heavy atom. The Balaban J connectivity index is 1.71. The number of imide groups is 1. The molecule has 5 heteroatoms. The number of amides is 2. The van der Waals surface area contributed by atoms with Gasteiger partial charge in [0.05, 0.1) is 18.3 Å². The normalized spacial score (nSPS) is 34.0. The van der Waals surface area contributed by atoms with Crippen LogP contribution in [0.3, 0.4) is 0 Å². The van der Waals surface area contributed by atoms with Crippen LogP contribution in [-0.2, 0) is 14.4 Å². The van der Waals surface area contributed by atoms with Crippen molar-refractivity contribution in [1.29, 1.82) is 0 Å². The summed E-state index contributed by atoms with van der Waals surface area (Å²) in [5.74, 6) is -0.698. The minimum Gasteiger partial charge on any atom is -0.481 e. The second kappa shape index (κ2) is 5.11. The van der Waals surface area contributed by atoms with Crippen molar-refractivity contribution >= 4 is 17.8 Å². The van der Waals surface area contributed by atoms with Crippen LogP contribution < -0.4 is 0 Å². The number of carboxylic acid groups (broad SMARTS) is 1. The first-order valence-electron chi connectivity index (χ1n) is 8.03. The summed E-state index contributed by atoms with van der Waals surface area (Å²) < 4.78 is 0. The minimum absolute atomic E-state index is 0.0439. The van der Waals surface area contributed by atoms with Gasteiger partial charge in [-0.1, -0.05) is 19.8 Å². The van der Waals surface area contributed by atoms with Crippen molar-refractivity contribution < 1.29 is 19.5 Å². The van der Waals surface area contributed by atoms with Gasteiger partial charge in [0.25, 0.3) is 0 Å². The Morgan fingerprint density at radius 2 is 1.81 bits per heavy atom. The van der Waals surface area contributed by atoms with Crippen molar-refractivity contribution in [2.24, 2.45) is 23.2 Å². The minimum atomic E-state index is -0.833. The van der Waals surface area contributed by atoms with Crippen LogP contribution in [-0.4, -0.2) is 34.3 Å². The topological polar surface area (TPSA) is 74.7 Å². The molecular weight excluding hydrogens is 270 g/mol. The van der Waals surface area contributed by atoms with E-state index in [9.17, 15) is 14.4 Å². The van der Waals surface area contributed by atoms with Gasteiger partial charge in [0.1, 0.15) is 0 Å². The van der Waals surface area contributed by atoms with E-state index >= 15 is 0 Å². The van der Waals surface area contributed by atoms with E-state index in [1.165, 1.54) is 4.90 Å². The molecule has 21 heavy (non-hydrogen) atoms. The maximum Gasteiger partial charge on any atom is 0.303 e. The van der Waals surface area contributed by atoms with Crippen LogP contribution in [0.15, 0.2) is 0 Å². The second-order valence-corrected chi connectivity index (χ2v) is 7.15. The number of fused-ring (bicyclic) bond motifs is 1. The molecule has 2 atom stereocenters. The van der Waals surface area contributed by atoms with Gasteiger partial charge in [0.15, 0.2) is 0 Å². The summed E-state index contributed by atoms with van der Waals surface area (Å²) in [7, 11) is 0. The molecule has 0 radical (unpaired) electrons. The van der Waals surface area contributed by atoms with Crippen LogP contribution in [0.1, 0.15) is 51.9 Å². The average molecular weight is 293 g/mol. The summed E-state index contributed by atoms with van der Waals surface area (Å²) in [6, 6.07) is 0. The lowest BCUT2D eigenvalue weighted by atomic mass is 9.66. The molecule has 0 bridgehead atoms. The van der Waals surface area contributed by atoms with Gasteiger partial charge in [-0.25, -0.2) is 0 Å². The molecule has 0 aromatic rings. The standard InChI is InChI=1S/C16H23NO4/c1-2-10-6-11-12(7-10)15(21)17(14(11)20)9-16(4-3-5-16)8-13(18)19/h10-12H,2-9H2,1H3,(H,18,19). The van der Waals surface area contributed by atoms with Crippen molar-refractivity contribution in [1.82, 2.24) is 4.90 Å². The van der Waals surface area contributed by atoms with Crippen molar-refractivity contribution in [3.8, 4) is 0 Å². The zero-order chi connectivity index (χ0) is 15.2. The maximum atomic E-state index is 12.5. The zero-order valence-electron chi connectivity index (χ0n) is 12.5. The molecule has 0 aromatic heterocycles. The average Bonchev–Trinajstić information content (AvgIpc) is 2.91. The fraction of sp³-hybridized carbons (Fsp3) is 0.812. The summed E-state index contributed by atoms with van der Waals surface area (Å²) in [5.41, 5.74) is -0.361. The molecule has 5 nitrogen and oxygen atoms in total. The summed E-state index contributed by atoms with van der Waals surface area (Å²) in [5, 5.41) is 9.06. The van der Waals surface area contributed by atoms with Gasteiger partial charge in [-0.3, -0.25) is 19.3 Å².